The molecule has 1 unspecified atom stereocenters. The van der Waals surface area contributed by atoms with Gasteiger partial charge in [-0.3, -0.25) is 4.79 Å². The molecule has 1 saturated heterocycles. The minimum atomic E-state index is 0.0273. The number of carbonyl (C=O) groups is 1. The number of nitrogens with zero attached hydrogens (tertiary/aromatic N) is 2. The standard InChI is InChI=1S/C26H33N3O3/c1-17(2)32-21-10-7-18(8-11-21)26(30)29-16-20-5-3-13-27-25(20)28-22-12-9-19(15-23(22)29)24-6-4-14-31-24/h3,5,9,12-13,15,17-18,21,24H,4,6-8,10-11,14,16H2,1-2H3,(H,27,28). The van der Waals surface area contributed by atoms with Gasteiger partial charge in [0.15, 0.2) is 0 Å². The zero-order chi connectivity index (χ0) is 22.1. The summed E-state index contributed by atoms with van der Waals surface area (Å²) in [6.45, 7) is 5.49. The highest BCUT2D eigenvalue weighted by Gasteiger charge is 2.34. The summed E-state index contributed by atoms with van der Waals surface area (Å²) in [5, 5.41) is 3.47. The maximum atomic E-state index is 13.8. The summed E-state index contributed by atoms with van der Waals surface area (Å²) in [6.07, 6.45) is 8.17. The molecular formula is C26H33N3O3. The number of rotatable bonds is 4. The van der Waals surface area contributed by atoms with Crippen molar-refractivity contribution in [2.75, 3.05) is 16.8 Å². The van der Waals surface area contributed by atoms with Gasteiger partial charge >= 0.3 is 0 Å². The fourth-order valence-corrected chi connectivity index (χ4v) is 5.23. The second-order valence-corrected chi connectivity index (χ2v) is 9.50. The Morgan fingerprint density at radius 3 is 2.78 bits per heavy atom. The molecule has 2 fully saturated rings. The van der Waals surface area contributed by atoms with Crippen LogP contribution in [0.4, 0.5) is 17.2 Å². The summed E-state index contributed by atoms with van der Waals surface area (Å²) < 4.78 is 11.9. The first-order valence-corrected chi connectivity index (χ1v) is 12.0. The van der Waals surface area contributed by atoms with Crippen molar-refractivity contribution in [1.82, 2.24) is 4.98 Å². The lowest BCUT2D eigenvalue weighted by molar-refractivity contribution is -0.124. The van der Waals surface area contributed by atoms with Crippen molar-refractivity contribution >= 4 is 23.1 Å². The van der Waals surface area contributed by atoms with Gasteiger partial charge in [0.2, 0.25) is 5.91 Å². The third-order valence-corrected chi connectivity index (χ3v) is 6.84. The van der Waals surface area contributed by atoms with E-state index in [9.17, 15) is 4.79 Å². The summed E-state index contributed by atoms with van der Waals surface area (Å²) in [7, 11) is 0. The Bertz CT molecular complexity index is 963. The van der Waals surface area contributed by atoms with Crippen LogP contribution in [0.2, 0.25) is 0 Å². The van der Waals surface area contributed by atoms with E-state index in [1.807, 2.05) is 11.0 Å². The summed E-state index contributed by atoms with van der Waals surface area (Å²) in [5.74, 6) is 1.06. The summed E-state index contributed by atoms with van der Waals surface area (Å²) in [5.41, 5.74) is 4.04. The number of pyridine rings is 1. The van der Waals surface area contributed by atoms with Crippen molar-refractivity contribution in [1.29, 1.82) is 0 Å². The molecule has 2 aromatic rings. The predicted octanol–water partition coefficient (Wildman–Crippen LogP) is 5.51. The number of carbonyl (C=O) groups excluding carboxylic acids is 1. The number of anilines is 3. The molecule has 1 atom stereocenters. The van der Waals surface area contributed by atoms with E-state index in [-0.39, 0.29) is 30.1 Å². The van der Waals surface area contributed by atoms with Gasteiger partial charge in [0.25, 0.3) is 0 Å². The molecule has 1 aliphatic carbocycles. The zero-order valence-corrected chi connectivity index (χ0v) is 19.0. The second-order valence-electron chi connectivity index (χ2n) is 9.50. The van der Waals surface area contributed by atoms with E-state index in [4.69, 9.17) is 9.47 Å². The molecule has 6 nitrogen and oxygen atoms in total. The fraction of sp³-hybridized carbons (Fsp3) is 0.538. The lowest BCUT2D eigenvalue weighted by Crippen LogP contribution is -2.38. The van der Waals surface area contributed by atoms with Crippen molar-refractivity contribution in [3.05, 3.63) is 47.7 Å². The van der Waals surface area contributed by atoms with Gasteiger partial charge in [-0.1, -0.05) is 12.1 Å². The fourth-order valence-electron chi connectivity index (χ4n) is 5.23. The van der Waals surface area contributed by atoms with Crippen molar-refractivity contribution < 1.29 is 14.3 Å². The van der Waals surface area contributed by atoms with Crippen LogP contribution in [-0.4, -0.2) is 29.7 Å². The molecule has 3 heterocycles. The van der Waals surface area contributed by atoms with E-state index < -0.39 is 0 Å². The van der Waals surface area contributed by atoms with Crippen molar-refractivity contribution in [2.45, 2.75) is 77.2 Å². The van der Waals surface area contributed by atoms with Crippen LogP contribution in [-0.2, 0) is 20.8 Å². The molecular weight excluding hydrogens is 402 g/mol. The number of aromatic nitrogens is 1. The van der Waals surface area contributed by atoms with Crippen molar-refractivity contribution in [2.24, 2.45) is 5.92 Å². The van der Waals surface area contributed by atoms with Crippen molar-refractivity contribution in [3.63, 3.8) is 0 Å². The van der Waals surface area contributed by atoms with Crippen molar-refractivity contribution in [3.8, 4) is 0 Å². The SMILES string of the molecule is CC(C)OC1CCC(C(=O)N2Cc3cccnc3Nc3ccc(C4CCCO4)cc32)CC1. The molecule has 1 aromatic heterocycles. The number of hydrogen-bond acceptors (Lipinski definition) is 5. The molecule has 1 N–H and O–H groups in total. The number of amides is 1. The lowest BCUT2D eigenvalue weighted by Gasteiger charge is -2.33. The topological polar surface area (TPSA) is 63.7 Å². The van der Waals surface area contributed by atoms with Gasteiger partial charge in [-0.15, -0.1) is 0 Å². The highest BCUT2D eigenvalue weighted by molar-refractivity contribution is 5.99. The maximum absolute atomic E-state index is 13.8. The molecule has 0 bridgehead atoms. The van der Waals surface area contributed by atoms with Gasteiger partial charge in [-0.2, -0.15) is 0 Å². The summed E-state index contributed by atoms with van der Waals surface area (Å²) in [6, 6.07) is 10.3. The third-order valence-electron chi connectivity index (χ3n) is 6.84. The maximum Gasteiger partial charge on any atom is 0.230 e. The van der Waals surface area contributed by atoms with E-state index in [1.54, 1.807) is 6.20 Å². The van der Waals surface area contributed by atoms with E-state index in [0.29, 0.717) is 6.54 Å². The molecule has 0 radical (unpaired) electrons. The normalized spacial score (nSPS) is 25.1. The monoisotopic (exact) mass is 435 g/mol. The van der Waals surface area contributed by atoms with Crippen LogP contribution < -0.4 is 10.2 Å². The van der Waals surface area contributed by atoms with E-state index >= 15 is 0 Å². The summed E-state index contributed by atoms with van der Waals surface area (Å²) in [4.78, 5) is 20.4. The van der Waals surface area contributed by atoms with Gasteiger partial charge in [-0.25, -0.2) is 4.98 Å². The average Bonchev–Trinajstić information content (AvgIpc) is 3.28. The Hall–Kier alpha value is -2.44. The van der Waals surface area contributed by atoms with Crippen LogP contribution in [0.15, 0.2) is 36.5 Å². The first kappa shape index (κ1) is 21.4. The van der Waals surface area contributed by atoms with Crippen LogP contribution in [0.3, 0.4) is 0 Å². The van der Waals surface area contributed by atoms with Crippen LogP contribution in [0.5, 0.6) is 0 Å². The van der Waals surface area contributed by atoms with Crippen LogP contribution in [0.1, 0.15) is 69.6 Å². The number of fused-ring (bicyclic) bond motifs is 2. The first-order chi connectivity index (χ1) is 15.6. The molecule has 3 aliphatic rings. The highest BCUT2D eigenvalue weighted by Crippen LogP contribution is 2.40. The lowest BCUT2D eigenvalue weighted by atomic mass is 9.86. The Balaban J connectivity index is 1.44. The molecule has 6 heteroatoms. The van der Waals surface area contributed by atoms with Gasteiger partial charge in [-0.05, 0) is 76.1 Å². The zero-order valence-electron chi connectivity index (χ0n) is 19.0. The molecule has 0 spiro atoms. The quantitative estimate of drug-likeness (QED) is 0.686. The molecule has 2 aliphatic heterocycles. The third kappa shape index (κ3) is 4.39. The summed E-state index contributed by atoms with van der Waals surface area (Å²) >= 11 is 0. The van der Waals surface area contributed by atoms with Crippen LogP contribution in [0.25, 0.3) is 0 Å². The van der Waals surface area contributed by atoms with Gasteiger partial charge in [0.1, 0.15) is 5.82 Å². The Morgan fingerprint density at radius 2 is 2.03 bits per heavy atom. The Kier molecular flexibility index (Phi) is 6.15. The van der Waals surface area contributed by atoms with Crippen LogP contribution in [0, 0.1) is 5.92 Å². The average molecular weight is 436 g/mol. The second kappa shape index (κ2) is 9.20. The first-order valence-electron chi connectivity index (χ1n) is 12.0. The number of ether oxygens (including phenoxy) is 2. The van der Waals surface area contributed by atoms with E-state index in [1.165, 1.54) is 0 Å². The van der Waals surface area contributed by atoms with Gasteiger partial charge in [0.05, 0.1) is 36.2 Å². The largest absolute Gasteiger partial charge is 0.376 e. The molecule has 170 valence electrons. The van der Waals surface area contributed by atoms with Gasteiger partial charge in [0, 0.05) is 24.3 Å². The number of benzene rings is 1. The molecule has 1 aromatic carbocycles. The Labute approximate surface area is 190 Å². The van der Waals surface area contributed by atoms with Gasteiger partial charge < -0.3 is 19.7 Å². The minimum absolute atomic E-state index is 0.0273. The van der Waals surface area contributed by atoms with E-state index in [2.05, 4.69) is 48.4 Å². The van der Waals surface area contributed by atoms with E-state index in [0.717, 1.165) is 73.5 Å². The molecule has 1 saturated carbocycles. The number of hydrogen-bond donors (Lipinski definition) is 1. The number of nitrogens with one attached hydrogen (secondary N) is 1. The smallest absolute Gasteiger partial charge is 0.230 e. The Morgan fingerprint density at radius 1 is 1.19 bits per heavy atom. The highest BCUT2D eigenvalue weighted by atomic mass is 16.5. The minimum Gasteiger partial charge on any atom is -0.376 e. The van der Waals surface area contributed by atoms with Crippen LogP contribution >= 0.6 is 0 Å². The molecule has 32 heavy (non-hydrogen) atoms. The molecule has 1 amide bonds. The molecule has 5 rings (SSSR count). The predicted molar refractivity (Wildman–Crippen MR) is 125 cm³/mol.